The summed E-state index contributed by atoms with van der Waals surface area (Å²) in [5, 5.41) is 9.53. The first-order valence-electron chi connectivity index (χ1n) is 6.12. The van der Waals surface area contributed by atoms with E-state index in [0.29, 0.717) is 11.4 Å². The van der Waals surface area contributed by atoms with Crippen molar-refractivity contribution in [2.45, 2.75) is 23.6 Å². The van der Waals surface area contributed by atoms with Crippen molar-refractivity contribution in [1.82, 2.24) is 4.98 Å². The molecule has 104 valence electrons. The van der Waals surface area contributed by atoms with Gasteiger partial charge in [-0.05, 0) is 46.5 Å². The van der Waals surface area contributed by atoms with Crippen molar-refractivity contribution >= 4 is 33.7 Å². The van der Waals surface area contributed by atoms with Crippen LogP contribution in [0.25, 0.3) is 0 Å². The first-order valence-corrected chi connectivity index (χ1v) is 7.79. The quantitative estimate of drug-likeness (QED) is 0.828. The molecule has 0 aliphatic heterocycles. The van der Waals surface area contributed by atoms with Gasteiger partial charge in [-0.1, -0.05) is 42.1 Å². The SMILES string of the molecule is Cc1cnc(SC(Cc2ccccc2)C(=O)O)c(Br)c1. The average molecular weight is 352 g/mol. The second kappa shape index (κ2) is 6.90. The zero-order chi connectivity index (χ0) is 14.5. The Morgan fingerprint density at radius 3 is 2.70 bits per heavy atom. The lowest BCUT2D eigenvalue weighted by molar-refractivity contribution is -0.136. The lowest BCUT2D eigenvalue weighted by atomic mass is 10.1. The lowest BCUT2D eigenvalue weighted by Crippen LogP contribution is -2.19. The van der Waals surface area contributed by atoms with E-state index in [1.165, 1.54) is 11.8 Å². The molecule has 0 amide bonds. The predicted molar refractivity (Wildman–Crippen MR) is 84.1 cm³/mol. The first-order chi connectivity index (χ1) is 9.56. The van der Waals surface area contributed by atoms with Crippen molar-refractivity contribution in [3.63, 3.8) is 0 Å². The molecule has 1 N–H and O–H groups in total. The van der Waals surface area contributed by atoms with Gasteiger partial charge in [-0.2, -0.15) is 0 Å². The molecule has 1 unspecified atom stereocenters. The van der Waals surface area contributed by atoms with E-state index < -0.39 is 11.2 Å². The molecule has 1 aromatic heterocycles. The number of hydrogen-bond acceptors (Lipinski definition) is 3. The molecule has 0 spiro atoms. The Morgan fingerprint density at radius 2 is 2.10 bits per heavy atom. The summed E-state index contributed by atoms with van der Waals surface area (Å²) in [7, 11) is 0. The molecule has 1 heterocycles. The molecule has 2 rings (SSSR count). The third-order valence-electron chi connectivity index (χ3n) is 2.74. The van der Waals surface area contributed by atoms with Gasteiger partial charge in [-0.15, -0.1) is 0 Å². The van der Waals surface area contributed by atoms with Gasteiger partial charge in [0.15, 0.2) is 0 Å². The number of hydrogen-bond donors (Lipinski definition) is 1. The van der Waals surface area contributed by atoms with Gasteiger partial charge in [0.05, 0.1) is 4.47 Å². The summed E-state index contributed by atoms with van der Waals surface area (Å²) in [6.07, 6.45) is 2.22. The molecule has 0 aliphatic carbocycles. The number of nitrogens with zero attached hydrogens (tertiary/aromatic N) is 1. The largest absolute Gasteiger partial charge is 0.480 e. The van der Waals surface area contributed by atoms with Crippen LogP contribution in [0.4, 0.5) is 0 Å². The van der Waals surface area contributed by atoms with Crippen LogP contribution in [0.2, 0.25) is 0 Å². The Kier molecular flexibility index (Phi) is 5.20. The molecule has 0 fully saturated rings. The molecule has 3 nitrogen and oxygen atoms in total. The highest BCUT2D eigenvalue weighted by atomic mass is 79.9. The number of aliphatic carboxylic acids is 1. The molecule has 2 aromatic rings. The number of benzene rings is 1. The van der Waals surface area contributed by atoms with Gasteiger partial charge in [-0.25, -0.2) is 4.98 Å². The molecule has 0 aliphatic rings. The van der Waals surface area contributed by atoms with Crippen molar-refractivity contribution in [1.29, 1.82) is 0 Å². The predicted octanol–water partition coefficient (Wildman–Crippen LogP) is 3.94. The number of carboxylic acids is 1. The van der Waals surface area contributed by atoms with Crippen LogP contribution >= 0.6 is 27.7 Å². The maximum atomic E-state index is 11.4. The van der Waals surface area contributed by atoms with E-state index in [9.17, 15) is 9.90 Å². The molecule has 1 aromatic carbocycles. The van der Waals surface area contributed by atoms with E-state index in [-0.39, 0.29) is 0 Å². The van der Waals surface area contributed by atoms with Crippen LogP contribution in [-0.4, -0.2) is 21.3 Å². The van der Waals surface area contributed by atoms with Gasteiger partial charge in [0.1, 0.15) is 10.3 Å². The zero-order valence-electron chi connectivity index (χ0n) is 10.9. The summed E-state index contributed by atoms with van der Waals surface area (Å²) in [6.45, 7) is 1.95. The molecule has 0 radical (unpaired) electrons. The normalized spacial score (nSPS) is 12.1. The summed E-state index contributed by atoms with van der Waals surface area (Å²) in [4.78, 5) is 15.7. The topological polar surface area (TPSA) is 50.2 Å². The van der Waals surface area contributed by atoms with Crippen molar-refractivity contribution in [2.75, 3.05) is 0 Å². The number of thioether (sulfide) groups is 1. The molecule has 0 saturated carbocycles. The first kappa shape index (κ1) is 15.1. The van der Waals surface area contributed by atoms with Crippen LogP contribution in [0.5, 0.6) is 0 Å². The van der Waals surface area contributed by atoms with Crippen molar-refractivity contribution < 1.29 is 9.90 Å². The minimum Gasteiger partial charge on any atom is -0.480 e. The van der Waals surface area contributed by atoms with Gasteiger partial charge in [0.25, 0.3) is 0 Å². The van der Waals surface area contributed by atoms with Crippen molar-refractivity contribution in [3.05, 3.63) is 58.2 Å². The number of aryl methyl sites for hydroxylation is 1. The van der Waals surface area contributed by atoms with Crippen LogP contribution in [0.15, 0.2) is 52.1 Å². The molecule has 20 heavy (non-hydrogen) atoms. The third-order valence-corrected chi connectivity index (χ3v) is 4.81. The monoisotopic (exact) mass is 351 g/mol. The Bertz CT molecular complexity index is 604. The Morgan fingerprint density at radius 1 is 1.40 bits per heavy atom. The molecule has 0 bridgehead atoms. The molecular formula is C15H14BrNO2S. The van der Waals surface area contributed by atoms with Gasteiger partial charge >= 0.3 is 5.97 Å². The van der Waals surface area contributed by atoms with E-state index in [1.807, 2.05) is 43.3 Å². The van der Waals surface area contributed by atoms with Gasteiger partial charge in [-0.3, -0.25) is 4.79 Å². The number of carboxylic acid groups (broad SMARTS) is 1. The van der Waals surface area contributed by atoms with Crippen LogP contribution in [0.3, 0.4) is 0 Å². The highest BCUT2D eigenvalue weighted by Crippen LogP contribution is 2.31. The number of halogens is 1. The third kappa shape index (κ3) is 4.08. The minimum absolute atomic E-state index is 0.475. The number of rotatable bonds is 5. The fourth-order valence-corrected chi connectivity index (χ4v) is 3.43. The Hall–Kier alpha value is -1.33. The minimum atomic E-state index is -0.826. The fraction of sp³-hybridized carbons (Fsp3) is 0.200. The van der Waals surface area contributed by atoms with Crippen molar-refractivity contribution in [3.8, 4) is 0 Å². The van der Waals surface area contributed by atoms with E-state index in [1.54, 1.807) is 6.20 Å². The van der Waals surface area contributed by atoms with E-state index in [4.69, 9.17) is 0 Å². The number of pyridine rings is 1. The smallest absolute Gasteiger partial charge is 0.317 e. The Labute approximate surface area is 130 Å². The van der Waals surface area contributed by atoms with Crippen molar-refractivity contribution in [2.24, 2.45) is 0 Å². The maximum Gasteiger partial charge on any atom is 0.317 e. The summed E-state index contributed by atoms with van der Waals surface area (Å²) in [6, 6.07) is 11.6. The van der Waals surface area contributed by atoms with Crippen LogP contribution in [-0.2, 0) is 11.2 Å². The van der Waals surface area contributed by atoms with E-state index in [0.717, 1.165) is 15.6 Å². The average Bonchev–Trinajstić information content (AvgIpc) is 2.42. The summed E-state index contributed by atoms with van der Waals surface area (Å²) < 4.78 is 0.835. The summed E-state index contributed by atoms with van der Waals surface area (Å²) in [5.41, 5.74) is 2.05. The summed E-state index contributed by atoms with van der Waals surface area (Å²) >= 11 is 4.70. The highest BCUT2D eigenvalue weighted by molar-refractivity contribution is 9.10. The zero-order valence-corrected chi connectivity index (χ0v) is 13.3. The maximum absolute atomic E-state index is 11.4. The van der Waals surface area contributed by atoms with Gasteiger partial charge in [0, 0.05) is 6.20 Å². The lowest BCUT2D eigenvalue weighted by Gasteiger charge is -2.12. The number of carbonyl (C=O) groups is 1. The standard InChI is InChI=1S/C15H14BrNO2S/c1-10-7-12(16)14(17-9-10)20-13(15(18)19)8-11-5-3-2-4-6-11/h2-7,9,13H,8H2,1H3,(H,18,19). The van der Waals surface area contributed by atoms with Crippen LogP contribution in [0.1, 0.15) is 11.1 Å². The second-order valence-corrected chi connectivity index (χ2v) is 6.48. The molecular weight excluding hydrogens is 338 g/mol. The van der Waals surface area contributed by atoms with Crippen LogP contribution < -0.4 is 0 Å². The van der Waals surface area contributed by atoms with Gasteiger partial charge in [0.2, 0.25) is 0 Å². The number of aromatic nitrogens is 1. The van der Waals surface area contributed by atoms with E-state index in [2.05, 4.69) is 20.9 Å². The molecule has 0 saturated heterocycles. The Balaban J connectivity index is 2.15. The second-order valence-electron chi connectivity index (χ2n) is 4.43. The van der Waals surface area contributed by atoms with Gasteiger partial charge < -0.3 is 5.11 Å². The molecule has 1 atom stereocenters. The summed E-state index contributed by atoms with van der Waals surface area (Å²) in [5.74, 6) is -0.826. The highest BCUT2D eigenvalue weighted by Gasteiger charge is 2.21. The fourth-order valence-electron chi connectivity index (χ4n) is 1.75. The van der Waals surface area contributed by atoms with E-state index >= 15 is 0 Å². The van der Waals surface area contributed by atoms with Crippen LogP contribution in [0, 0.1) is 6.92 Å². The molecule has 5 heteroatoms.